The fourth-order valence-corrected chi connectivity index (χ4v) is 1.56. The van der Waals surface area contributed by atoms with Gasteiger partial charge in [0.2, 0.25) is 0 Å². The standard InChI is InChI=1S/C9H18O2/c1-3-5-9-8(4-2)6-10-7-11-9/h8-9H,3-7H2,1-2H3/t8-,9+/m0/s1. The molecule has 66 valence electrons. The molecule has 0 spiro atoms. The zero-order valence-corrected chi connectivity index (χ0v) is 7.51. The number of ether oxygens (including phenoxy) is 2. The van der Waals surface area contributed by atoms with Crippen LogP contribution in [0, 0.1) is 5.92 Å². The molecule has 0 N–H and O–H groups in total. The Morgan fingerprint density at radius 3 is 2.82 bits per heavy atom. The van der Waals surface area contributed by atoms with Gasteiger partial charge in [-0.1, -0.05) is 20.3 Å². The Kier molecular flexibility index (Phi) is 3.87. The van der Waals surface area contributed by atoms with Crippen molar-refractivity contribution >= 4 is 0 Å². The third kappa shape index (κ3) is 2.46. The molecule has 1 rings (SSSR count). The van der Waals surface area contributed by atoms with Crippen LogP contribution in [-0.4, -0.2) is 19.5 Å². The van der Waals surface area contributed by atoms with Crippen LogP contribution in [-0.2, 0) is 9.47 Å². The monoisotopic (exact) mass is 158 g/mol. The molecule has 2 nitrogen and oxygen atoms in total. The molecule has 1 aliphatic rings. The van der Waals surface area contributed by atoms with Crippen molar-refractivity contribution in [3.05, 3.63) is 0 Å². The summed E-state index contributed by atoms with van der Waals surface area (Å²) in [5.41, 5.74) is 0. The first-order valence-electron chi connectivity index (χ1n) is 4.57. The molecule has 0 saturated carbocycles. The molecule has 11 heavy (non-hydrogen) atoms. The highest BCUT2D eigenvalue weighted by Gasteiger charge is 2.23. The van der Waals surface area contributed by atoms with E-state index in [0.717, 1.165) is 6.61 Å². The molecule has 0 aromatic rings. The van der Waals surface area contributed by atoms with Crippen molar-refractivity contribution in [2.45, 2.75) is 39.2 Å². The molecule has 1 saturated heterocycles. The first-order valence-corrected chi connectivity index (χ1v) is 4.57. The second-order valence-electron chi connectivity index (χ2n) is 3.15. The molecule has 2 atom stereocenters. The lowest BCUT2D eigenvalue weighted by molar-refractivity contribution is -0.172. The lowest BCUT2D eigenvalue weighted by Crippen LogP contribution is -2.33. The van der Waals surface area contributed by atoms with Gasteiger partial charge < -0.3 is 9.47 Å². The van der Waals surface area contributed by atoms with Gasteiger partial charge in [0.05, 0.1) is 12.7 Å². The van der Waals surface area contributed by atoms with E-state index in [-0.39, 0.29) is 0 Å². The molecule has 0 aliphatic carbocycles. The van der Waals surface area contributed by atoms with Crippen LogP contribution >= 0.6 is 0 Å². The topological polar surface area (TPSA) is 18.5 Å². The van der Waals surface area contributed by atoms with Crippen molar-refractivity contribution in [1.82, 2.24) is 0 Å². The highest BCUT2D eigenvalue weighted by Crippen LogP contribution is 2.21. The molecular weight excluding hydrogens is 140 g/mol. The molecule has 0 amide bonds. The fraction of sp³-hybridized carbons (Fsp3) is 1.00. The van der Waals surface area contributed by atoms with Gasteiger partial charge in [-0.25, -0.2) is 0 Å². The third-order valence-electron chi connectivity index (χ3n) is 2.32. The predicted octanol–water partition coefficient (Wildman–Crippen LogP) is 2.19. The first kappa shape index (κ1) is 9.01. The van der Waals surface area contributed by atoms with Gasteiger partial charge in [0.25, 0.3) is 0 Å². The van der Waals surface area contributed by atoms with Gasteiger partial charge in [-0.05, 0) is 12.8 Å². The largest absolute Gasteiger partial charge is 0.355 e. The van der Waals surface area contributed by atoms with Gasteiger partial charge >= 0.3 is 0 Å². The van der Waals surface area contributed by atoms with E-state index in [1.54, 1.807) is 0 Å². The highest BCUT2D eigenvalue weighted by molar-refractivity contribution is 4.70. The number of hydrogen-bond donors (Lipinski definition) is 0. The molecule has 0 aromatic heterocycles. The summed E-state index contributed by atoms with van der Waals surface area (Å²) in [7, 11) is 0. The second kappa shape index (κ2) is 4.73. The van der Waals surface area contributed by atoms with E-state index in [9.17, 15) is 0 Å². The summed E-state index contributed by atoms with van der Waals surface area (Å²) in [4.78, 5) is 0. The maximum Gasteiger partial charge on any atom is 0.147 e. The Hall–Kier alpha value is -0.0800. The van der Waals surface area contributed by atoms with Crippen molar-refractivity contribution in [3.8, 4) is 0 Å². The second-order valence-corrected chi connectivity index (χ2v) is 3.15. The zero-order chi connectivity index (χ0) is 8.10. The SMILES string of the molecule is CCC[C@H]1OCOC[C@@H]1CC. The van der Waals surface area contributed by atoms with Crippen LogP contribution in [0.3, 0.4) is 0 Å². The Bertz CT molecular complexity index is 102. The minimum absolute atomic E-state index is 0.457. The van der Waals surface area contributed by atoms with Crippen molar-refractivity contribution in [1.29, 1.82) is 0 Å². The van der Waals surface area contributed by atoms with Crippen LogP contribution in [0.2, 0.25) is 0 Å². The average Bonchev–Trinajstić information content (AvgIpc) is 2.06. The van der Waals surface area contributed by atoms with E-state index in [2.05, 4.69) is 13.8 Å². The van der Waals surface area contributed by atoms with Crippen LogP contribution in [0.5, 0.6) is 0 Å². The molecule has 1 fully saturated rings. The van der Waals surface area contributed by atoms with Crippen LogP contribution < -0.4 is 0 Å². The van der Waals surface area contributed by atoms with Crippen molar-refractivity contribution in [3.63, 3.8) is 0 Å². The summed E-state index contributed by atoms with van der Waals surface area (Å²) >= 11 is 0. The van der Waals surface area contributed by atoms with Crippen molar-refractivity contribution in [2.75, 3.05) is 13.4 Å². The Balaban J connectivity index is 2.31. The van der Waals surface area contributed by atoms with E-state index in [1.165, 1.54) is 19.3 Å². The normalized spacial score (nSPS) is 32.2. The highest BCUT2D eigenvalue weighted by atomic mass is 16.7. The van der Waals surface area contributed by atoms with Gasteiger partial charge in [-0.2, -0.15) is 0 Å². The summed E-state index contributed by atoms with van der Waals surface area (Å²) in [6, 6.07) is 0. The maximum atomic E-state index is 5.50. The lowest BCUT2D eigenvalue weighted by Gasteiger charge is -2.30. The molecule has 1 aliphatic heterocycles. The molecule has 1 heterocycles. The molecule has 0 aromatic carbocycles. The van der Waals surface area contributed by atoms with Gasteiger partial charge in [0.15, 0.2) is 0 Å². The lowest BCUT2D eigenvalue weighted by atomic mass is 9.96. The molecule has 2 heteroatoms. The molecular formula is C9H18O2. The average molecular weight is 158 g/mol. The van der Waals surface area contributed by atoms with E-state index < -0.39 is 0 Å². The van der Waals surface area contributed by atoms with E-state index in [1.807, 2.05) is 0 Å². The van der Waals surface area contributed by atoms with Gasteiger partial charge in [0.1, 0.15) is 6.79 Å². The van der Waals surface area contributed by atoms with E-state index in [0.29, 0.717) is 18.8 Å². The Morgan fingerprint density at radius 2 is 2.18 bits per heavy atom. The van der Waals surface area contributed by atoms with Crippen LogP contribution in [0.4, 0.5) is 0 Å². The summed E-state index contributed by atoms with van der Waals surface area (Å²) in [5.74, 6) is 0.628. The minimum Gasteiger partial charge on any atom is -0.355 e. The van der Waals surface area contributed by atoms with Gasteiger partial charge in [0, 0.05) is 5.92 Å². The van der Waals surface area contributed by atoms with Gasteiger partial charge in [-0.15, -0.1) is 0 Å². The van der Waals surface area contributed by atoms with E-state index >= 15 is 0 Å². The first-order chi connectivity index (χ1) is 5.38. The maximum absolute atomic E-state index is 5.50. The van der Waals surface area contributed by atoms with Crippen molar-refractivity contribution < 1.29 is 9.47 Å². The zero-order valence-electron chi connectivity index (χ0n) is 7.51. The van der Waals surface area contributed by atoms with E-state index in [4.69, 9.17) is 9.47 Å². The number of hydrogen-bond acceptors (Lipinski definition) is 2. The van der Waals surface area contributed by atoms with Crippen LogP contribution in [0.25, 0.3) is 0 Å². The predicted molar refractivity (Wildman–Crippen MR) is 44.4 cm³/mol. The molecule has 0 bridgehead atoms. The Morgan fingerprint density at radius 1 is 1.36 bits per heavy atom. The van der Waals surface area contributed by atoms with Crippen LogP contribution in [0.15, 0.2) is 0 Å². The fourth-order valence-electron chi connectivity index (χ4n) is 1.56. The van der Waals surface area contributed by atoms with Gasteiger partial charge in [-0.3, -0.25) is 0 Å². The molecule has 0 unspecified atom stereocenters. The number of rotatable bonds is 3. The molecule has 0 radical (unpaired) electrons. The summed E-state index contributed by atoms with van der Waals surface area (Å²) in [6.45, 7) is 5.79. The summed E-state index contributed by atoms with van der Waals surface area (Å²) < 4.78 is 10.7. The van der Waals surface area contributed by atoms with Crippen molar-refractivity contribution in [2.24, 2.45) is 5.92 Å². The quantitative estimate of drug-likeness (QED) is 0.626. The summed E-state index contributed by atoms with van der Waals surface area (Å²) in [5, 5.41) is 0. The third-order valence-corrected chi connectivity index (χ3v) is 2.32. The van der Waals surface area contributed by atoms with Crippen LogP contribution in [0.1, 0.15) is 33.1 Å². The smallest absolute Gasteiger partial charge is 0.147 e. The Labute approximate surface area is 68.9 Å². The summed E-state index contributed by atoms with van der Waals surface area (Å²) in [6.07, 6.45) is 4.02. The minimum atomic E-state index is 0.457.